The predicted molar refractivity (Wildman–Crippen MR) is 71.4 cm³/mol. The molecule has 19 heavy (non-hydrogen) atoms. The third-order valence-electron chi connectivity index (χ3n) is 3.32. The van der Waals surface area contributed by atoms with E-state index in [1.165, 1.54) is 12.3 Å². The van der Waals surface area contributed by atoms with Gasteiger partial charge in [-0.2, -0.15) is 0 Å². The lowest BCUT2D eigenvalue weighted by molar-refractivity contribution is 0.0694. The molecule has 0 amide bonds. The minimum Gasteiger partial charge on any atom is -0.477 e. The van der Waals surface area contributed by atoms with Crippen molar-refractivity contribution in [1.82, 2.24) is 4.57 Å². The second-order valence-corrected chi connectivity index (χ2v) is 4.75. The molecule has 0 radical (unpaired) electrons. The van der Waals surface area contributed by atoms with E-state index in [-0.39, 0.29) is 5.56 Å². The van der Waals surface area contributed by atoms with Crippen molar-refractivity contribution in [3.63, 3.8) is 0 Å². The first-order valence-corrected chi connectivity index (χ1v) is 6.22. The highest BCUT2D eigenvalue weighted by Crippen LogP contribution is 2.38. The van der Waals surface area contributed by atoms with Crippen LogP contribution in [0.5, 0.6) is 0 Å². The van der Waals surface area contributed by atoms with Gasteiger partial charge in [-0.15, -0.1) is 0 Å². The molecule has 1 aromatic carbocycles. The van der Waals surface area contributed by atoms with Crippen LogP contribution in [0.15, 0.2) is 47.4 Å². The summed E-state index contributed by atoms with van der Waals surface area (Å²) in [7, 11) is 0. The van der Waals surface area contributed by atoms with Crippen molar-refractivity contribution >= 4 is 5.97 Å². The molecule has 3 rings (SSSR count). The fourth-order valence-electron chi connectivity index (χ4n) is 2.21. The molecule has 1 fully saturated rings. The number of nitrogens with zero attached hydrogens (tertiary/aromatic N) is 1. The number of benzene rings is 1. The van der Waals surface area contributed by atoms with Gasteiger partial charge in [0.05, 0.1) is 5.69 Å². The number of pyridine rings is 1. The molecule has 0 spiro atoms. The van der Waals surface area contributed by atoms with E-state index in [2.05, 4.69) is 0 Å². The molecule has 1 aliphatic carbocycles. The van der Waals surface area contributed by atoms with E-state index in [0.29, 0.717) is 6.04 Å². The summed E-state index contributed by atoms with van der Waals surface area (Å²) in [6.07, 6.45) is 3.54. The summed E-state index contributed by atoms with van der Waals surface area (Å²) in [6, 6.07) is 11.3. The maximum atomic E-state index is 11.9. The molecular weight excluding hydrogens is 242 g/mol. The van der Waals surface area contributed by atoms with Crippen LogP contribution in [-0.2, 0) is 0 Å². The van der Waals surface area contributed by atoms with Crippen molar-refractivity contribution in [3.05, 3.63) is 58.4 Å². The fourth-order valence-corrected chi connectivity index (χ4v) is 2.21. The van der Waals surface area contributed by atoms with Crippen molar-refractivity contribution < 1.29 is 9.90 Å². The minimum absolute atomic E-state index is 0.161. The van der Waals surface area contributed by atoms with Crippen molar-refractivity contribution in [2.24, 2.45) is 0 Å². The SMILES string of the molecule is O=C(O)c1cn(C2CC2)c(-c2ccccc2)cc1=O. The van der Waals surface area contributed by atoms with Gasteiger partial charge in [0.2, 0.25) is 0 Å². The highest BCUT2D eigenvalue weighted by atomic mass is 16.4. The molecule has 1 aromatic heterocycles. The molecule has 4 heteroatoms. The first-order chi connectivity index (χ1) is 9.16. The van der Waals surface area contributed by atoms with E-state index in [1.54, 1.807) is 0 Å². The van der Waals surface area contributed by atoms with Crippen LogP contribution in [0.1, 0.15) is 29.2 Å². The van der Waals surface area contributed by atoms with E-state index in [9.17, 15) is 9.59 Å². The van der Waals surface area contributed by atoms with Crippen LogP contribution < -0.4 is 5.43 Å². The molecule has 0 saturated heterocycles. The Morgan fingerprint density at radius 2 is 1.89 bits per heavy atom. The molecule has 4 nitrogen and oxygen atoms in total. The molecule has 96 valence electrons. The quantitative estimate of drug-likeness (QED) is 0.916. The molecular formula is C15H13NO3. The molecule has 0 unspecified atom stereocenters. The molecule has 1 heterocycles. The van der Waals surface area contributed by atoms with Crippen LogP contribution in [0, 0.1) is 0 Å². The van der Waals surface area contributed by atoms with Crippen LogP contribution in [0.3, 0.4) is 0 Å². The van der Waals surface area contributed by atoms with Gasteiger partial charge in [-0.3, -0.25) is 4.79 Å². The average molecular weight is 255 g/mol. The largest absolute Gasteiger partial charge is 0.477 e. The van der Waals surface area contributed by atoms with Crippen LogP contribution in [0.2, 0.25) is 0 Å². The molecule has 2 aromatic rings. The van der Waals surface area contributed by atoms with E-state index in [0.717, 1.165) is 24.1 Å². The van der Waals surface area contributed by atoms with Crippen molar-refractivity contribution in [2.45, 2.75) is 18.9 Å². The number of hydrogen-bond donors (Lipinski definition) is 1. The highest BCUT2D eigenvalue weighted by molar-refractivity contribution is 5.87. The summed E-state index contributed by atoms with van der Waals surface area (Å²) in [5.41, 5.74) is 1.12. The summed E-state index contributed by atoms with van der Waals surface area (Å²) >= 11 is 0. The Labute approximate surface area is 109 Å². The van der Waals surface area contributed by atoms with Gasteiger partial charge in [0.15, 0.2) is 5.43 Å². The third-order valence-corrected chi connectivity index (χ3v) is 3.32. The molecule has 1 saturated carbocycles. The van der Waals surface area contributed by atoms with E-state index >= 15 is 0 Å². The maximum Gasteiger partial charge on any atom is 0.341 e. The molecule has 0 atom stereocenters. The maximum absolute atomic E-state index is 11.9. The van der Waals surface area contributed by atoms with E-state index in [4.69, 9.17) is 5.11 Å². The third kappa shape index (κ3) is 2.17. The van der Waals surface area contributed by atoms with E-state index in [1.807, 2.05) is 34.9 Å². The van der Waals surface area contributed by atoms with Crippen LogP contribution >= 0.6 is 0 Å². The second kappa shape index (κ2) is 4.39. The standard InChI is InChI=1S/C15H13NO3/c17-14-8-13(10-4-2-1-3-5-10)16(11-6-7-11)9-12(14)15(18)19/h1-5,8-9,11H,6-7H2,(H,18,19). The normalized spacial score (nSPS) is 14.3. The molecule has 1 N–H and O–H groups in total. The van der Waals surface area contributed by atoms with Gasteiger partial charge in [-0.05, 0) is 18.4 Å². The van der Waals surface area contributed by atoms with Gasteiger partial charge in [0, 0.05) is 18.3 Å². The first kappa shape index (κ1) is 11.7. The summed E-state index contributed by atoms with van der Waals surface area (Å²) < 4.78 is 1.92. The monoisotopic (exact) mass is 255 g/mol. The van der Waals surface area contributed by atoms with Gasteiger partial charge in [-0.1, -0.05) is 30.3 Å². The Balaban J connectivity index is 2.21. The Bertz CT molecular complexity index is 684. The zero-order valence-electron chi connectivity index (χ0n) is 10.2. The number of carboxylic acid groups (broad SMARTS) is 1. The van der Waals surface area contributed by atoms with E-state index < -0.39 is 11.4 Å². The van der Waals surface area contributed by atoms with Crippen molar-refractivity contribution in [3.8, 4) is 11.3 Å². The van der Waals surface area contributed by atoms with Gasteiger partial charge in [0.25, 0.3) is 0 Å². The number of carbonyl (C=O) groups is 1. The number of carboxylic acids is 1. The Morgan fingerprint density at radius 3 is 2.47 bits per heavy atom. The van der Waals surface area contributed by atoms with Crippen molar-refractivity contribution in [2.75, 3.05) is 0 Å². The van der Waals surface area contributed by atoms with Crippen molar-refractivity contribution in [1.29, 1.82) is 0 Å². The lowest BCUT2D eigenvalue weighted by Crippen LogP contribution is -2.18. The lowest BCUT2D eigenvalue weighted by atomic mass is 10.1. The number of aromatic carboxylic acids is 1. The van der Waals surface area contributed by atoms with Crippen LogP contribution in [0.4, 0.5) is 0 Å². The summed E-state index contributed by atoms with van der Waals surface area (Å²) in [5.74, 6) is -1.17. The fraction of sp³-hybridized carbons (Fsp3) is 0.200. The van der Waals surface area contributed by atoms with Crippen LogP contribution in [-0.4, -0.2) is 15.6 Å². The lowest BCUT2D eigenvalue weighted by Gasteiger charge is -2.13. The zero-order chi connectivity index (χ0) is 13.4. The molecule has 0 aliphatic heterocycles. The first-order valence-electron chi connectivity index (χ1n) is 6.22. The topological polar surface area (TPSA) is 59.3 Å². The van der Waals surface area contributed by atoms with Gasteiger partial charge >= 0.3 is 5.97 Å². The number of rotatable bonds is 3. The predicted octanol–water partition coefficient (Wildman–Crippen LogP) is 2.55. The average Bonchev–Trinajstić information content (AvgIpc) is 3.23. The zero-order valence-corrected chi connectivity index (χ0v) is 10.2. The number of hydrogen-bond acceptors (Lipinski definition) is 2. The number of aromatic nitrogens is 1. The molecule has 1 aliphatic rings. The van der Waals surface area contributed by atoms with Gasteiger partial charge in [-0.25, -0.2) is 4.79 Å². The summed E-state index contributed by atoms with van der Waals surface area (Å²) in [4.78, 5) is 22.9. The minimum atomic E-state index is -1.17. The molecule has 0 bridgehead atoms. The summed E-state index contributed by atoms with van der Waals surface area (Å²) in [6.45, 7) is 0. The summed E-state index contributed by atoms with van der Waals surface area (Å²) in [5, 5.41) is 9.04. The Hall–Kier alpha value is -2.36. The second-order valence-electron chi connectivity index (χ2n) is 4.75. The smallest absolute Gasteiger partial charge is 0.341 e. The highest BCUT2D eigenvalue weighted by Gasteiger charge is 2.26. The van der Waals surface area contributed by atoms with Gasteiger partial charge in [0.1, 0.15) is 5.56 Å². The Kier molecular flexibility index (Phi) is 2.71. The Morgan fingerprint density at radius 1 is 1.21 bits per heavy atom. The van der Waals surface area contributed by atoms with Gasteiger partial charge < -0.3 is 9.67 Å². The van der Waals surface area contributed by atoms with Crippen LogP contribution in [0.25, 0.3) is 11.3 Å².